The Hall–Kier alpha value is -3.29. The number of nitrogens with zero attached hydrogens (tertiary/aromatic N) is 3. The molecule has 1 saturated heterocycles. The molecule has 32 heavy (non-hydrogen) atoms. The first kappa shape index (κ1) is 20.6. The van der Waals surface area contributed by atoms with Crippen LogP contribution in [0, 0.1) is 0 Å². The first-order chi connectivity index (χ1) is 15.7. The molecule has 162 valence electrons. The number of para-hydroxylation sites is 1. The van der Waals surface area contributed by atoms with Crippen LogP contribution in [0.4, 0.5) is 5.69 Å². The molecule has 0 atom stereocenters. The number of hydrogen-bond donors (Lipinski definition) is 1. The van der Waals surface area contributed by atoms with E-state index in [-0.39, 0.29) is 5.91 Å². The molecule has 1 aliphatic heterocycles. The molecule has 0 aliphatic carbocycles. The zero-order valence-corrected chi connectivity index (χ0v) is 18.7. The number of ether oxygens (including phenoxy) is 1. The van der Waals surface area contributed by atoms with Crippen molar-refractivity contribution in [2.75, 3.05) is 25.5 Å². The van der Waals surface area contributed by atoms with E-state index in [1.807, 2.05) is 54.7 Å². The molecule has 2 aromatic heterocycles. The summed E-state index contributed by atoms with van der Waals surface area (Å²) in [6.07, 6.45) is 6.04. The Balaban J connectivity index is 1.39. The summed E-state index contributed by atoms with van der Waals surface area (Å²) in [6, 6.07) is 15.3. The monoisotopic (exact) mass is 444 g/mol. The summed E-state index contributed by atoms with van der Waals surface area (Å²) in [5.41, 5.74) is 4.19. The number of amides is 1. The molecule has 1 fully saturated rings. The highest BCUT2D eigenvalue weighted by molar-refractivity contribution is 7.21. The highest BCUT2D eigenvalue weighted by Gasteiger charge is 2.17. The molecular weight excluding hydrogens is 420 g/mol. The van der Waals surface area contributed by atoms with Gasteiger partial charge in [0.2, 0.25) is 0 Å². The Bertz CT molecular complexity index is 1230. The van der Waals surface area contributed by atoms with Gasteiger partial charge in [-0.05, 0) is 56.3 Å². The molecule has 1 aliphatic rings. The largest absolute Gasteiger partial charge is 0.496 e. The summed E-state index contributed by atoms with van der Waals surface area (Å²) in [5.74, 6) is 0.572. The molecule has 0 unspecified atom stereocenters. The molecule has 5 rings (SSSR count). The number of pyridine rings is 1. The van der Waals surface area contributed by atoms with Crippen molar-refractivity contribution in [3.8, 4) is 16.3 Å². The van der Waals surface area contributed by atoms with E-state index in [9.17, 15) is 4.79 Å². The fourth-order valence-electron chi connectivity index (χ4n) is 4.07. The van der Waals surface area contributed by atoms with Crippen LogP contribution in [0.2, 0.25) is 0 Å². The number of thiazole rings is 1. The second kappa shape index (κ2) is 9.06. The third kappa shape index (κ3) is 4.22. The molecular formula is C25H24N4O2S. The average Bonchev–Trinajstić information content (AvgIpc) is 3.49. The second-order valence-electron chi connectivity index (χ2n) is 7.87. The molecule has 1 amide bonds. The lowest BCUT2D eigenvalue weighted by atomic mass is 10.1. The van der Waals surface area contributed by atoms with Gasteiger partial charge in [-0.3, -0.25) is 14.7 Å². The van der Waals surface area contributed by atoms with Gasteiger partial charge in [-0.1, -0.05) is 18.2 Å². The van der Waals surface area contributed by atoms with Crippen molar-refractivity contribution in [2.45, 2.75) is 19.4 Å². The number of fused-ring (bicyclic) bond motifs is 1. The number of likely N-dealkylation sites (tertiary alicyclic amines) is 1. The molecule has 3 heterocycles. The fraction of sp³-hybridized carbons (Fsp3) is 0.240. The summed E-state index contributed by atoms with van der Waals surface area (Å²) in [4.78, 5) is 24.4. The van der Waals surface area contributed by atoms with Crippen molar-refractivity contribution in [2.24, 2.45) is 0 Å². The van der Waals surface area contributed by atoms with E-state index in [1.54, 1.807) is 24.6 Å². The minimum absolute atomic E-state index is 0.175. The summed E-state index contributed by atoms with van der Waals surface area (Å²) >= 11 is 1.56. The normalized spacial score (nSPS) is 14.0. The topological polar surface area (TPSA) is 67.3 Å². The van der Waals surface area contributed by atoms with Crippen molar-refractivity contribution in [3.05, 3.63) is 72.1 Å². The number of methoxy groups -OCH3 is 1. The molecule has 0 spiro atoms. The van der Waals surface area contributed by atoms with Gasteiger partial charge in [0, 0.05) is 35.6 Å². The van der Waals surface area contributed by atoms with Crippen LogP contribution < -0.4 is 10.1 Å². The van der Waals surface area contributed by atoms with Gasteiger partial charge in [-0.25, -0.2) is 4.98 Å². The lowest BCUT2D eigenvalue weighted by Gasteiger charge is -2.17. The lowest BCUT2D eigenvalue weighted by molar-refractivity contribution is 0.102. The van der Waals surface area contributed by atoms with Crippen LogP contribution in [0.3, 0.4) is 0 Å². The standard InChI is InChI=1S/C25H24N4O2S/c1-31-22-14-17(8-9-18(22)16-29-12-4-5-13-29)24(30)27-20-7-3-2-6-19(20)25-28-21-10-11-26-15-23(21)32-25/h2-3,6-11,14-15H,4-5,12-13,16H2,1H3,(H,27,30). The number of nitrogens with one attached hydrogen (secondary N) is 1. The lowest BCUT2D eigenvalue weighted by Crippen LogP contribution is -2.19. The van der Waals surface area contributed by atoms with E-state index in [2.05, 4.69) is 15.2 Å². The number of carbonyl (C=O) groups is 1. The molecule has 0 radical (unpaired) electrons. The minimum Gasteiger partial charge on any atom is -0.496 e. The van der Waals surface area contributed by atoms with Crippen LogP contribution >= 0.6 is 11.3 Å². The molecule has 1 N–H and O–H groups in total. The highest BCUT2D eigenvalue weighted by atomic mass is 32.1. The molecule has 0 saturated carbocycles. The summed E-state index contributed by atoms with van der Waals surface area (Å²) < 4.78 is 6.62. The van der Waals surface area contributed by atoms with Crippen molar-refractivity contribution in [1.82, 2.24) is 14.9 Å². The predicted molar refractivity (Wildman–Crippen MR) is 128 cm³/mol. The van der Waals surface area contributed by atoms with E-state index >= 15 is 0 Å². The average molecular weight is 445 g/mol. The molecule has 0 bridgehead atoms. The molecule has 7 heteroatoms. The summed E-state index contributed by atoms with van der Waals surface area (Å²) in [5, 5.41) is 3.91. The number of hydrogen-bond acceptors (Lipinski definition) is 6. The number of anilines is 1. The van der Waals surface area contributed by atoms with Gasteiger partial charge in [0.15, 0.2) is 0 Å². The van der Waals surface area contributed by atoms with Crippen LogP contribution in [-0.2, 0) is 6.54 Å². The number of rotatable bonds is 6. The van der Waals surface area contributed by atoms with E-state index in [4.69, 9.17) is 9.72 Å². The Morgan fingerprint density at radius 1 is 1.16 bits per heavy atom. The van der Waals surface area contributed by atoms with E-state index in [0.717, 1.165) is 57.4 Å². The van der Waals surface area contributed by atoms with E-state index < -0.39 is 0 Å². The van der Waals surface area contributed by atoms with E-state index in [1.165, 1.54) is 12.8 Å². The number of aromatic nitrogens is 2. The number of carbonyl (C=O) groups excluding carboxylic acids is 1. The van der Waals surface area contributed by atoms with Gasteiger partial charge in [0.1, 0.15) is 10.8 Å². The highest BCUT2D eigenvalue weighted by Crippen LogP contribution is 2.34. The van der Waals surface area contributed by atoms with Gasteiger partial charge >= 0.3 is 0 Å². The first-order valence-corrected chi connectivity index (χ1v) is 11.5. The van der Waals surface area contributed by atoms with Crippen LogP contribution in [0.1, 0.15) is 28.8 Å². The zero-order chi connectivity index (χ0) is 21.9. The van der Waals surface area contributed by atoms with Crippen molar-refractivity contribution >= 4 is 33.1 Å². The smallest absolute Gasteiger partial charge is 0.255 e. The van der Waals surface area contributed by atoms with Gasteiger partial charge in [-0.15, -0.1) is 11.3 Å². The number of benzene rings is 2. The van der Waals surface area contributed by atoms with Crippen molar-refractivity contribution in [1.29, 1.82) is 0 Å². The Morgan fingerprint density at radius 2 is 2.00 bits per heavy atom. The molecule has 2 aromatic carbocycles. The zero-order valence-electron chi connectivity index (χ0n) is 17.9. The Morgan fingerprint density at radius 3 is 2.81 bits per heavy atom. The van der Waals surface area contributed by atoms with Gasteiger partial charge in [0.05, 0.1) is 23.0 Å². The van der Waals surface area contributed by atoms with Crippen LogP contribution in [0.5, 0.6) is 5.75 Å². The SMILES string of the molecule is COc1cc(C(=O)Nc2ccccc2-c2nc3ccncc3s2)ccc1CN1CCCC1. The fourth-order valence-corrected chi connectivity index (χ4v) is 5.04. The quantitative estimate of drug-likeness (QED) is 0.442. The summed E-state index contributed by atoms with van der Waals surface area (Å²) in [7, 11) is 1.65. The maximum atomic E-state index is 13.1. The maximum Gasteiger partial charge on any atom is 0.255 e. The third-order valence-corrected chi connectivity index (χ3v) is 6.78. The van der Waals surface area contributed by atoms with Crippen molar-refractivity contribution in [3.63, 3.8) is 0 Å². The van der Waals surface area contributed by atoms with Crippen molar-refractivity contribution < 1.29 is 9.53 Å². The van der Waals surface area contributed by atoms with Crippen LogP contribution in [0.25, 0.3) is 20.8 Å². The van der Waals surface area contributed by atoms with Gasteiger partial charge < -0.3 is 10.1 Å². The minimum atomic E-state index is -0.175. The van der Waals surface area contributed by atoms with Crippen LogP contribution in [0.15, 0.2) is 60.9 Å². The molecule has 6 nitrogen and oxygen atoms in total. The van der Waals surface area contributed by atoms with Gasteiger partial charge in [-0.2, -0.15) is 0 Å². The van der Waals surface area contributed by atoms with Gasteiger partial charge in [0.25, 0.3) is 5.91 Å². The molecule has 4 aromatic rings. The maximum absolute atomic E-state index is 13.1. The van der Waals surface area contributed by atoms with E-state index in [0.29, 0.717) is 5.56 Å². The predicted octanol–water partition coefficient (Wildman–Crippen LogP) is 5.22. The summed E-state index contributed by atoms with van der Waals surface area (Å²) in [6.45, 7) is 3.08. The van der Waals surface area contributed by atoms with Crippen LogP contribution in [-0.4, -0.2) is 41.0 Å². The third-order valence-electron chi connectivity index (χ3n) is 5.74. The first-order valence-electron chi connectivity index (χ1n) is 10.7. The second-order valence-corrected chi connectivity index (χ2v) is 8.90. The Kier molecular flexibility index (Phi) is 5.83. The Labute approximate surface area is 190 Å².